The maximum absolute atomic E-state index is 12.9. The number of urea groups is 1. The first-order chi connectivity index (χ1) is 13.4. The van der Waals surface area contributed by atoms with Gasteiger partial charge in [-0.2, -0.15) is 10.1 Å². The summed E-state index contributed by atoms with van der Waals surface area (Å²) in [5, 5.41) is 11.7. The van der Waals surface area contributed by atoms with Crippen LogP contribution in [0.2, 0.25) is 0 Å². The summed E-state index contributed by atoms with van der Waals surface area (Å²) in [6.07, 6.45) is 4.39. The van der Waals surface area contributed by atoms with Crippen molar-refractivity contribution in [3.8, 4) is 0 Å². The Morgan fingerprint density at radius 3 is 2.79 bits per heavy atom. The molecule has 0 spiro atoms. The predicted molar refractivity (Wildman–Crippen MR) is 107 cm³/mol. The number of nitrogens with one attached hydrogen (secondary N) is 1. The molecule has 0 radical (unpaired) electrons. The van der Waals surface area contributed by atoms with Crippen molar-refractivity contribution in [2.45, 2.75) is 65.7 Å². The Balaban J connectivity index is 1.68. The molecule has 3 heterocycles. The number of carbonyl (C=O) groups is 1. The van der Waals surface area contributed by atoms with Gasteiger partial charge in [0.1, 0.15) is 5.82 Å². The molecule has 1 aliphatic rings. The van der Waals surface area contributed by atoms with Crippen LogP contribution in [0.1, 0.15) is 69.4 Å². The lowest BCUT2D eigenvalue weighted by atomic mass is 9.98. The van der Waals surface area contributed by atoms with Gasteiger partial charge in [-0.15, -0.1) is 0 Å². The summed E-state index contributed by atoms with van der Waals surface area (Å²) in [6, 6.07) is -0.0908. The fourth-order valence-corrected chi connectivity index (χ4v) is 3.86. The van der Waals surface area contributed by atoms with Crippen molar-refractivity contribution in [1.82, 2.24) is 24.8 Å². The number of anilines is 1. The highest BCUT2D eigenvalue weighted by Gasteiger charge is 2.29. The van der Waals surface area contributed by atoms with Crippen LogP contribution in [0.3, 0.4) is 0 Å². The Bertz CT molecular complexity index is 810. The molecule has 0 bridgehead atoms. The summed E-state index contributed by atoms with van der Waals surface area (Å²) < 4.78 is 7.26. The van der Waals surface area contributed by atoms with Gasteiger partial charge in [-0.05, 0) is 31.6 Å². The molecule has 2 aromatic rings. The first-order valence-corrected chi connectivity index (χ1v) is 10.4. The number of piperidine rings is 1. The number of nitrogens with zero attached hydrogens (tertiary/aromatic N) is 5. The maximum Gasteiger partial charge on any atom is 0.323 e. The second kappa shape index (κ2) is 8.75. The number of hydrogen-bond donors (Lipinski definition) is 1. The number of aryl methyl sites for hydroxylation is 2. The van der Waals surface area contributed by atoms with Crippen molar-refractivity contribution >= 4 is 11.8 Å². The van der Waals surface area contributed by atoms with E-state index in [1.807, 2.05) is 11.9 Å². The van der Waals surface area contributed by atoms with E-state index in [9.17, 15) is 4.79 Å². The summed E-state index contributed by atoms with van der Waals surface area (Å²) in [5.74, 6) is 2.77. The van der Waals surface area contributed by atoms with E-state index in [4.69, 9.17) is 4.52 Å². The molecule has 1 atom stereocenters. The molecule has 0 aromatic carbocycles. The average molecular weight is 389 g/mol. The minimum absolute atomic E-state index is 0.0908. The number of hydrogen-bond acceptors (Lipinski definition) is 5. The lowest BCUT2D eigenvalue weighted by Crippen LogP contribution is -2.42. The zero-order valence-corrected chi connectivity index (χ0v) is 17.7. The van der Waals surface area contributed by atoms with Crippen LogP contribution in [-0.2, 0) is 26.3 Å². The molecule has 8 heteroatoms. The predicted octanol–water partition coefficient (Wildman–Crippen LogP) is 3.54. The van der Waals surface area contributed by atoms with E-state index >= 15 is 0 Å². The van der Waals surface area contributed by atoms with Gasteiger partial charge in [-0.1, -0.05) is 32.9 Å². The van der Waals surface area contributed by atoms with Crippen LogP contribution < -0.4 is 5.32 Å². The molecule has 1 aliphatic heterocycles. The fourth-order valence-electron chi connectivity index (χ4n) is 3.86. The van der Waals surface area contributed by atoms with E-state index in [2.05, 4.69) is 48.3 Å². The van der Waals surface area contributed by atoms with Gasteiger partial charge in [-0.3, -0.25) is 10.00 Å². The summed E-state index contributed by atoms with van der Waals surface area (Å²) in [5.41, 5.74) is 2.16. The van der Waals surface area contributed by atoms with E-state index in [-0.39, 0.29) is 11.9 Å². The zero-order chi connectivity index (χ0) is 20.3. The van der Waals surface area contributed by atoms with Crippen LogP contribution in [0, 0.1) is 5.92 Å². The summed E-state index contributed by atoms with van der Waals surface area (Å²) >= 11 is 0. The molecule has 28 heavy (non-hydrogen) atoms. The number of aromatic nitrogens is 4. The molecule has 0 unspecified atom stereocenters. The van der Waals surface area contributed by atoms with Crippen molar-refractivity contribution in [1.29, 1.82) is 0 Å². The SMILES string of the molecule is CCc1nn(C)c(NC(=O)N2CCC[C@H](c3nc(CC(C)C)no3)C2)c1CC. The molecule has 154 valence electrons. The second-order valence-electron chi connectivity index (χ2n) is 7.97. The molecule has 1 saturated heterocycles. The molecular weight excluding hydrogens is 356 g/mol. The highest BCUT2D eigenvalue weighted by atomic mass is 16.5. The maximum atomic E-state index is 12.9. The number of amides is 2. The smallest absolute Gasteiger partial charge is 0.323 e. The molecule has 2 aromatic heterocycles. The van der Waals surface area contributed by atoms with Crippen LogP contribution in [0.15, 0.2) is 4.52 Å². The van der Waals surface area contributed by atoms with Gasteiger partial charge in [0.25, 0.3) is 0 Å². The third-order valence-electron chi connectivity index (χ3n) is 5.27. The Labute approximate surface area is 166 Å². The van der Waals surface area contributed by atoms with Gasteiger partial charge in [0.2, 0.25) is 5.89 Å². The van der Waals surface area contributed by atoms with Crippen molar-refractivity contribution in [2.24, 2.45) is 13.0 Å². The second-order valence-corrected chi connectivity index (χ2v) is 7.97. The highest BCUT2D eigenvalue weighted by molar-refractivity contribution is 5.89. The number of likely N-dealkylation sites (tertiary alicyclic amines) is 1. The molecule has 0 aliphatic carbocycles. The number of carbonyl (C=O) groups excluding carboxylic acids is 1. The van der Waals surface area contributed by atoms with E-state index < -0.39 is 0 Å². The van der Waals surface area contributed by atoms with Crippen LogP contribution in [0.4, 0.5) is 10.6 Å². The van der Waals surface area contributed by atoms with E-state index in [0.717, 1.165) is 61.5 Å². The normalized spacial score (nSPS) is 17.4. The van der Waals surface area contributed by atoms with E-state index in [1.165, 1.54) is 0 Å². The molecule has 1 fully saturated rings. The quantitative estimate of drug-likeness (QED) is 0.817. The standard InChI is InChI=1S/C20H32N6O2/c1-6-15-16(7-2)23-25(5)18(15)22-20(27)26-10-8-9-14(12-26)19-21-17(24-28-19)11-13(3)4/h13-14H,6-12H2,1-5H3,(H,22,27)/t14-/m0/s1. The monoisotopic (exact) mass is 388 g/mol. The molecule has 8 nitrogen and oxygen atoms in total. The molecule has 0 saturated carbocycles. The van der Waals surface area contributed by atoms with Crippen molar-refractivity contribution in [3.63, 3.8) is 0 Å². The number of rotatable bonds is 6. The van der Waals surface area contributed by atoms with E-state index in [1.54, 1.807) is 4.68 Å². The Kier molecular flexibility index (Phi) is 6.36. The van der Waals surface area contributed by atoms with E-state index in [0.29, 0.717) is 18.4 Å². The summed E-state index contributed by atoms with van der Waals surface area (Å²) in [6.45, 7) is 9.77. The third-order valence-corrected chi connectivity index (χ3v) is 5.27. The molecule has 3 rings (SSSR count). The van der Waals surface area contributed by atoms with Gasteiger partial charge >= 0.3 is 6.03 Å². The largest absolute Gasteiger partial charge is 0.339 e. The first kappa shape index (κ1) is 20.4. The third kappa shape index (κ3) is 4.36. The Morgan fingerprint density at radius 1 is 1.32 bits per heavy atom. The van der Waals surface area contributed by atoms with Crippen molar-refractivity contribution in [3.05, 3.63) is 23.0 Å². The van der Waals surface area contributed by atoms with Crippen LogP contribution in [-0.4, -0.2) is 43.9 Å². The fraction of sp³-hybridized carbons (Fsp3) is 0.700. The highest BCUT2D eigenvalue weighted by Crippen LogP contribution is 2.27. The summed E-state index contributed by atoms with van der Waals surface area (Å²) in [4.78, 5) is 19.3. The van der Waals surface area contributed by atoms with Crippen LogP contribution in [0.5, 0.6) is 0 Å². The minimum atomic E-state index is -0.0908. The first-order valence-electron chi connectivity index (χ1n) is 10.4. The Hall–Kier alpha value is -2.38. The van der Waals surface area contributed by atoms with Gasteiger partial charge in [-0.25, -0.2) is 4.79 Å². The van der Waals surface area contributed by atoms with Gasteiger partial charge in [0.05, 0.1) is 11.6 Å². The van der Waals surface area contributed by atoms with Crippen LogP contribution in [0.25, 0.3) is 0 Å². The molecular formula is C20H32N6O2. The van der Waals surface area contributed by atoms with Gasteiger partial charge in [0, 0.05) is 32.1 Å². The molecule has 2 amide bonds. The summed E-state index contributed by atoms with van der Waals surface area (Å²) in [7, 11) is 1.88. The zero-order valence-electron chi connectivity index (χ0n) is 17.7. The molecule has 1 N–H and O–H groups in total. The van der Waals surface area contributed by atoms with Crippen molar-refractivity contribution in [2.75, 3.05) is 18.4 Å². The van der Waals surface area contributed by atoms with Gasteiger partial charge in [0.15, 0.2) is 5.82 Å². The van der Waals surface area contributed by atoms with Crippen molar-refractivity contribution < 1.29 is 9.32 Å². The lowest BCUT2D eigenvalue weighted by Gasteiger charge is -2.31. The Morgan fingerprint density at radius 2 is 2.11 bits per heavy atom. The average Bonchev–Trinajstić information content (AvgIpc) is 3.25. The van der Waals surface area contributed by atoms with Crippen LogP contribution >= 0.6 is 0 Å². The van der Waals surface area contributed by atoms with Gasteiger partial charge < -0.3 is 9.42 Å². The topological polar surface area (TPSA) is 89.1 Å². The lowest BCUT2D eigenvalue weighted by molar-refractivity contribution is 0.184. The minimum Gasteiger partial charge on any atom is -0.339 e.